The minimum atomic E-state index is 0. The minimum absolute atomic E-state index is 0. The number of anilines is 1. The highest BCUT2D eigenvalue weighted by Gasteiger charge is 2.23. The molecule has 0 unspecified atom stereocenters. The molecule has 2 N–H and O–H groups in total. The summed E-state index contributed by atoms with van der Waals surface area (Å²) in [6.45, 7) is 6.15. The molecule has 1 aliphatic heterocycles. The Labute approximate surface area is 161 Å². The highest BCUT2D eigenvalue weighted by atomic mass is 35.5. The van der Waals surface area contributed by atoms with Gasteiger partial charge in [0.1, 0.15) is 5.75 Å². The van der Waals surface area contributed by atoms with Crippen LogP contribution in [-0.4, -0.2) is 43.6 Å². The maximum Gasteiger partial charge on any atom is 0.253 e. The van der Waals surface area contributed by atoms with E-state index < -0.39 is 0 Å². The molecule has 0 atom stereocenters. The molecule has 0 spiro atoms. The Balaban J connectivity index is 0.00000243. The van der Waals surface area contributed by atoms with Crippen LogP contribution in [0.2, 0.25) is 0 Å². The van der Waals surface area contributed by atoms with Crippen LogP contribution in [0.15, 0.2) is 48.5 Å². The zero-order chi connectivity index (χ0) is 17.6. The first-order chi connectivity index (χ1) is 12.2. The van der Waals surface area contributed by atoms with Crippen molar-refractivity contribution in [1.29, 1.82) is 0 Å². The van der Waals surface area contributed by atoms with Crippen LogP contribution in [0.5, 0.6) is 5.75 Å². The Morgan fingerprint density at radius 3 is 2.31 bits per heavy atom. The van der Waals surface area contributed by atoms with Crippen molar-refractivity contribution in [3.05, 3.63) is 59.7 Å². The monoisotopic (exact) mass is 375 g/mol. The number of ether oxygens (including phenoxy) is 1. The number of amides is 1. The number of benzene rings is 2. The Morgan fingerprint density at radius 2 is 1.69 bits per heavy atom. The molecular weight excluding hydrogens is 350 g/mol. The fraction of sp³-hybridized carbons (Fsp3) is 0.350. The molecule has 1 amide bonds. The van der Waals surface area contributed by atoms with Gasteiger partial charge in [0.15, 0.2) is 0 Å². The summed E-state index contributed by atoms with van der Waals surface area (Å²) in [7, 11) is 0. The van der Waals surface area contributed by atoms with Gasteiger partial charge in [-0.2, -0.15) is 0 Å². The molecule has 1 heterocycles. The van der Waals surface area contributed by atoms with Crippen LogP contribution in [0, 0.1) is 0 Å². The Morgan fingerprint density at radius 1 is 1.04 bits per heavy atom. The van der Waals surface area contributed by atoms with E-state index in [0.717, 1.165) is 35.7 Å². The molecule has 26 heavy (non-hydrogen) atoms. The lowest BCUT2D eigenvalue weighted by atomic mass is 10.1. The molecular formula is C20H26ClN3O2. The Kier molecular flexibility index (Phi) is 7.30. The van der Waals surface area contributed by atoms with Crippen molar-refractivity contribution in [3.63, 3.8) is 0 Å². The Hall–Kier alpha value is -2.24. The number of piperazine rings is 1. The molecule has 0 bridgehead atoms. The van der Waals surface area contributed by atoms with Gasteiger partial charge in [-0.3, -0.25) is 4.79 Å². The van der Waals surface area contributed by atoms with E-state index in [1.54, 1.807) is 0 Å². The first-order valence-corrected chi connectivity index (χ1v) is 8.78. The summed E-state index contributed by atoms with van der Waals surface area (Å²) in [5, 5.41) is 0. The number of hydrogen-bond donors (Lipinski definition) is 1. The summed E-state index contributed by atoms with van der Waals surface area (Å²) in [4.78, 5) is 16.9. The zero-order valence-electron chi connectivity index (χ0n) is 15.1. The van der Waals surface area contributed by atoms with Crippen LogP contribution >= 0.6 is 12.4 Å². The topological polar surface area (TPSA) is 58.8 Å². The highest BCUT2D eigenvalue weighted by Crippen LogP contribution is 2.29. The number of halogens is 1. The van der Waals surface area contributed by atoms with Gasteiger partial charge in [-0.25, -0.2) is 0 Å². The van der Waals surface area contributed by atoms with Crippen molar-refractivity contribution in [2.24, 2.45) is 5.73 Å². The number of nitrogens with two attached hydrogens (primary N) is 1. The Bertz CT molecular complexity index is 713. The first kappa shape index (κ1) is 20.1. The van der Waals surface area contributed by atoms with Gasteiger partial charge in [-0.1, -0.05) is 24.3 Å². The van der Waals surface area contributed by atoms with Gasteiger partial charge in [0, 0.05) is 38.3 Å². The number of nitrogens with zero attached hydrogens (tertiary/aromatic N) is 2. The standard InChI is InChI=1S/C20H25N3O2.ClH/c1-2-25-19-6-4-3-5-18(19)22-11-13-23(14-12-22)20(24)17-9-7-16(15-21)8-10-17;/h3-10H,2,11-15,21H2,1H3;1H. The average Bonchev–Trinajstić information content (AvgIpc) is 2.68. The molecule has 1 saturated heterocycles. The molecule has 1 aliphatic rings. The largest absolute Gasteiger partial charge is 0.492 e. The van der Waals surface area contributed by atoms with Crippen LogP contribution in [0.3, 0.4) is 0 Å². The summed E-state index contributed by atoms with van der Waals surface area (Å²) >= 11 is 0. The fourth-order valence-electron chi connectivity index (χ4n) is 3.11. The normalized spacial score (nSPS) is 13.9. The lowest BCUT2D eigenvalue weighted by Crippen LogP contribution is -2.48. The lowest BCUT2D eigenvalue weighted by Gasteiger charge is -2.36. The summed E-state index contributed by atoms with van der Waals surface area (Å²) in [5.74, 6) is 0.989. The summed E-state index contributed by atoms with van der Waals surface area (Å²) in [6, 6.07) is 15.6. The summed E-state index contributed by atoms with van der Waals surface area (Å²) in [5.41, 5.74) is 8.47. The molecule has 0 aromatic heterocycles. The van der Waals surface area contributed by atoms with Crippen molar-refractivity contribution >= 4 is 24.0 Å². The van der Waals surface area contributed by atoms with Gasteiger partial charge >= 0.3 is 0 Å². The van der Waals surface area contributed by atoms with E-state index in [1.807, 2.05) is 54.3 Å². The molecule has 140 valence electrons. The predicted molar refractivity (Wildman–Crippen MR) is 107 cm³/mol. The highest BCUT2D eigenvalue weighted by molar-refractivity contribution is 5.94. The zero-order valence-corrected chi connectivity index (χ0v) is 15.9. The van der Waals surface area contributed by atoms with Crippen molar-refractivity contribution in [1.82, 2.24) is 4.90 Å². The summed E-state index contributed by atoms with van der Waals surface area (Å²) < 4.78 is 5.72. The lowest BCUT2D eigenvalue weighted by molar-refractivity contribution is 0.0746. The average molecular weight is 376 g/mol. The van der Waals surface area contributed by atoms with Gasteiger partial charge in [-0.05, 0) is 36.8 Å². The van der Waals surface area contributed by atoms with Crippen molar-refractivity contribution in [3.8, 4) is 5.75 Å². The van der Waals surface area contributed by atoms with Gasteiger partial charge in [0.05, 0.1) is 12.3 Å². The number of carbonyl (C=O) groups is 1. The van der Waals surface area contributed by atoms with Crippen molar-refractivity contribution in [2.75, 3.05) is 37.7 Å². The maximum absolute atomic E-state index is 12.7. The number of rotatable bonds is 5. The van der Waals surface area contributed by atoms with Crippen molar-refractivity contribution in [2.45, 2.75) is 13.5 Å². The van der Waals surface area contributed by atoms with Gasteiger partial charge in [0.2, 0.25) is 0 Å². The van der Waals surface area contributed by atoms with E-state index in [0.29, 0.717) is 26.2 Å². The van der Waals surface area contributed by atoms with E-state index in [-0.39, 0.29) is 18.3 Å². The molecule has 6 heteroatoms. The SMILES string of the molecule is CCOc1ccccc1N1CCN(C(=O)c2ccc(CN)cc2)CC1.Cl. The number of carbonyl (C=O) groups excluding carboxylic acids is 1. The molecule has 1 fully saturated rings. The quantitative estimate of drug-likeness (QED) is 0.872. The number of hydrogen-bond acceptors (Lipinski definition) is 4. The molecule has 0 radical (unpaired) electrons. The third kappa shape index (κ3) is 4.48. The van der Waals surface area contributed by atoms with Gasteiger partial charge in [-0.15, -0.1) is 12.4 Å². The van der Waals surface area contributed by atoms with Gasteiger partial charge in [0.25, 0.3) is 5.91 Å². The third-order valence-electron chi connectivity index (χ3n) is 4.51. The van der Waals surface area contributed by atoms with Crippen LogP contribution < -0.4 is 15.4 Å². The van der Waals surface area contributed by atoms with E-state index in [2.05, 4.69) is 11.0 Å². The summed E-state index contributed by atoms with van der Waals surface area (Å²) in [6.07, 6.45) is 0. The molecule has 3 rings (SSSR count). The smallest absolute Gasteiger partial charge is 0.253 e. The maximum atomic E-state index is 12.7. The fourth-order valence-corrected chi connectivity index (χ4v) is 3.11. The van der Waals surface area contributed by atoms with Crippen LogP contribution in [-0.2, 0) is 6.54 Å². The van der Waals surface area contributed by atoms with Crippen LogP contribution in [0.4, 0.5) is 5.69 Å². The van der Waals surface area contributed by atoms with Gasteiger partial charge < -0.3 is 20.3 Å². The third-order valence-corrected chi connectivity index (χ3v) is 4.51. The second-order valence-electron chi connectivity index (χ2n) is 6.08. The molecule has 5 nitrogen and oxygen atoms in total. The van der Waals surface area contributed by atoms with E-state index in [9.17, 15) is 4.79 Å². The molecule has 2 aromatic rings. The van der Waals surface area contributed by atoms with E-state index in [1.165, 1.54) is 0 Å². The molecule has 0 aliphatic carbocycles. The number of para-hydroxylation sites is 2. The van der Waals surface area contributed by atoms with E-state index in [4.69, 9.17) is 10.5 Å². The van der Waals surface area contributed by atoms with E-state index >= 15 is 0 Å². The second kappa shape index (κ2) is 9.46. The van der Waals surface area contributed by atoms with Crippen molar-refractivity contribution < 1.29 is 9.53 Å². The molecule has 2 aromatic carbocycles. The minimum Gasteiger partial charge on any atom is -0.492 e. The first-order valence-electron chi connectivity index (χ1n) is 8.78. The van der Waals surface area contributed by atoms with Crippen LogP contribution in [0.25, 0.3) is 0 Å². The second-order valence-corrected chi connectivity index (χ2v) is 6.08. The molecule has 0 saturated carbocycles. The van der Waals surface area contributed by atoms with Crippen LogP contribution in [0.1, 0.15) is 22.8 Å². The predicted octanol–water partition coefficient (Wildman–Crippen LogP) is 2.93.